The number of carbonyl (C=O) groups excluding carboxylic acids is 3. The van der Waals surface area contributed by atoms with Gasteiger partial charge in [-0.15, -0.1) is 0 Å². The molecule has 2 N–H and O–H groups in total. The summed E-state index contributed by atoms with van der Waals surface area (Å²) in [6, 6.07) is 21.9. The van der Waals surface area contributed by atoms with E-state index in [1.54, 1.807) is 53.2 Å². The molecule has 1 fully saturated rings. The summed E-state index contributed by atoms with van der Waals surface area (Å²) in [7, 11) is 1.77. The fraction of sp³-hybridized carbons (Fsp3) is 0.300. The molecule has 0 atom stereocenters. The van der Waals surface area contributed by atoms with Crippen LogP contribution < -0.4 is 15.5 Å². The second kappa shape index (κ2) is 12.7. The van der Waals surface area contributed by atoms with Crippen molar-refractivity contribution in [3.05, 3.63) is 94.5 Å². The Morgan fingerprint density at radius 3 is 2.23 bits per heavy atom. The number of nitrogens with zero attached hydrogens (tertiary/aromatic N) is 3. The predicted octanol–water partition coefficient (Wildman–Crippen LogP) is 5.10. The molecule has 8 nitrogen and oxygen atoms in total. The quantitative estimate of drug-likeness (QED) is 0.431. The molecular weight excluding hydrogens is 514 g/mol. The van der Waals surface area contributed by atoms with Gasteiger partial charge in [0.1, 0.15) is 0 Å². The summed E-state index contributed by atoms with van der Waals surface area (Å²) in [4.78, 5) is 44.7. The average molecular weight is 548 g/mol. The van der Waals surface area contributed by atoms with E-state index in [4.69, 9.17) is 11.6 Å². The van der Waals surface area contributed by atoms with Gasteiger partial charge < -0.3 is 25.3 Å². The lowest BCUT2D eigenvalue weighted by molar-refractivity contribution is 0.0785. The van der Waals surface area contributed by atoms with Crippen LogP contribution >= 0.6 is 11.6 Å². The number of rotatable bonds is 7. The molecule has 204 valence electrons. The highest BCUT2D eigenvalue weighted by atomic mass is 35.5. The fourth-order valence-corrected chi connectivity index (χ4v) is 4.75. The van der Waals surface area contributed by atoms with Gasteiger partial charge in [0.2, 0.25) is 0 Å². The summed E-state index contributed by atoms with van der Waals surface area (Å²) < 4.78 is 0. The van der Waals surface area contributed by atoms with Crippen molar-refractivity contribution in [1.82, 2.24) is 15.1 Å². The summed E-state index contributed by atoms with van der Waals surface area (Å²) >= 11 is 6.21. The van der Waals surface area contributed by atoms with Crippen LogP contribution in [0.5, 0.6) is 0 Å². The molecule has 1 aliphatic rings. The van der Waals surface area contributed by atoms with E-state index in [-0.39, 0.29) is 23.9 Å². The van der Waals surface area contributed by atoms with Crippen LogP contribution in [0.3, 0.4) is 0 Å². The monoisotopic (exact) mass is 547 g/mol. The average Bonchev–Trinajstić information content (AvgIpc) is 2.93. The molecule has 0 aliphatic carbocycles. The zero-order valence-electron chi connectivity index (χ0n) is 22.5. The molecule has 4 rings (SSSR count). The fourth-order valence-electron chi connectivity index (χ4n) is 4.53. The maximum atomic E-state index is 13.8. The van der Waals surface area contributed by atoms with E-state index in [2.05, 4.69) is 15.5 Å². The largest absolute Gasteiger partial charge is 0.367 e. The van der Waals surface area contributed by atoms with Crippen molar-refractivity contribution >= 4 is 40.8 Å². The Balaban J connectivity index is 1.58. The van der Waals surface area contributed by atoms with Crippen molar-refractivity contribution in [2.45, 2.75) is 26.4 Å². The minimum absolute atomic E-state index is 0.0634. The molecule has 1 saturated heterocycles. The Morgan fingerprint density at radius 1 is 0.897 bits per heavy atom. The van der Waals surface area contributed by atoms with Gasteiger partial charge in [-0.2, -0.15) is 0 Å². The van der Waals surface area contributed by atoms with Crippen molar-refractivity contribution in [3.63, 3.8) is 0 Å². The lowest BCUT2D eigenvalue weighted by atomic mass is 10.1. The van der Waals surface area contributed by atoms with Gasteiger partial charge in [0.15, 0.2) is 0 Å². The summed E-state index contributed by atoms with van der Waals surface area (Å²) in [5, 5.41) is 6.17. The molecule has 1 aliphatic heterocycles. The number of halogens is 1. The first-order chi connectivity index (χ1) is 18.7. The molecule has 39 heavy (non-hydrogen) atoms. The maximum absolute atomic E-state index is 13.8. The first-order valence-corrected chi connectivity index (χ1v) is 13.4. The highest BCUT2D eigenvalue weighted by molar-refractivity contribution is 6.34. The third kappa shape index (κ3) is 7.09. The van der Waals surface area contributed by atoms with Crippen LogP contribution in [0.15, 0.2) is 72.8 Å². The lowest BCUT2D eigenvalue weighted by Crippen LogP contribution is -2.53. The Hall–Kier alpha value is -4.04. The van der Waals surface area contributed by atoms with Gasteiger partial charge >= 0.3 is 6.03 Å². The molecular formula is C30H34ClN5O3. The van der Waals surface area contributed by atoms with E-state index in [0.29, 0.717) is 54.6 Å². The Bertz CT molecular complexity index is 1320. The second-order valence-electron chi connectivity index (χ2n) is 9.89. The van der Waals surface area contributed by atoms with Crippen LogP contribution in [-0.2, 0) is 6.54 Å². The molecule has 0 radical (unpaired) electrons. The molecule has 3 aromatic carbocycles. The third-order valence-electron chi connectivity index (χ3n) is 6.53. The minimum atomic E-state index is -0.353. The number of hydrogen-bond donors (Lipinski definition) is 2. The zero-order chi connectivity index (χ0) is 27.9. The Labute approximate surface area is 234 Å². The van der Waals surface area contributed by atoms with Crippen LogP contribution in [0.1, 0.15) is 40.1 Å². The van der Waals surface area contributed by atoms with E-state index >= 15 is 0 Å². The normalized spacial score (nSPS) is 13.3. The molecule has 1 heterocycles. The van der Waals surface area contributed by atoms with E-state index in [1.165, 1.54) is 0 Å². The summed E-state index contributed by atoms with van der Waals surface area (Å²) in [6.45, 7) is 6.56. The number of carbonyl (C=O) groups is 3. The van der Waals surface area contributed by atoms with Crippen molar-refractivity contribution < 1.29 is 14.4 Å². The summed E-state index contributed by atoms with van der Waals surface area (Å²) in [6.07, 6.45) is 0. The predicted molar refractivity (Wildman–Crippen MR) is 156 cm³/mol. The SMILES string of the molecule is CC(C)NC(=O)N1CCN(c2ccc(NC(=O)c3ccccc3Cl)cc2C(=O)N(C)Cc2ccccc2)CC1. The molecule has 0 saturated carbocycles. The number of benzene rings is 3. The molecule has 0 unspecified atom stereocenters. The minimum Gasteiger partial charge on any atom is -0.367 e. The lowest BCUT2D eigenvalue weighted by Gasteiger charge is -2.37. The van der Waals surface area contributed by atoms with Gasteiger partial charge in [-0.25, -0.2) is 4.79 Å². The van der Waals surface area contributed by atoms with Crippen molar-refractivity contribution in [3.8, 4) is 0 Å². The highest BCUT2D eigenvalue weighted by Crippen LogP contribution is 2.28. The molecule has 9 heteroatoms. The van der Waals surface area contributed by atoms with E-state index in [1.807, 2.05) is 50.2 Å². The van der Waals surface area contributed by atoms with Gasteiger partial charge in [-0.1, -0.05) is 54.1 Å². The molecule has 0 bridgehead atoms. The number of hydrogen-bond acceptors (Lipinski definition) is 4. The van der Waals surface area contributed by atoms with Crippen LogP contribution in [0.4, 0.5) is 16.2 Å². The number of nitrogens with one attached hydrogen (secondary N) is 2. The first-order valence-electron chi connectivity index (χ1n) is 13.0. The van der Waals surface area contributed by atoms with E-state index in [0.717, 1.165) is 11.3 Å². The van der Waals surface area contributed by atoms with Crippen LogP contribution in [0.2, 0.25) is 5.02 Å². The Morgan fingerprint density at radius 2 is 1.56 bits per heavy atom. The molecule has 4 amide bonds. The van der Waals surface area contributed by atoms with Gasteiger partial charge in [0.25, 0.3) is 11.8 Å². The van der Waals surface area contributed by atoms with Crippen molar-refractivity contribution in [2.24, 2.45) is 0 Å². The number of urea groups is 1. The van der Waals surface area contributed by atoms with E-state index < -0.39 is 0 Å². The topological polar surface area (TPSA) is 85.0 Å². The van der Waals surface area contributed by atoms with Crippen molar-refractivity contribution in [2.75, 3.05) is 43.4 Å². The van der Waals surface area contributed by atoms with Gasteiger partial charge in [0, 0.05) is 57.2 Å². The summed E-state index contributed by atoms with van der Waals surface area (Å²) in [5.41, 5.74) is 3.11. The molecule has 0 spiro atoms. The molecule has 0 aromatic heterocycles. The van der Waals surface area contributed by atoms with Crippen LogP contribution in [0, 0.1) is 0 Å². The van der Waals surface area contributed by atoms with Crippen LogP contribution in [-0.4, -0.2) is 66.9 Å². The van der Waals surface area contributed by atoms with Gasteiger partial charge in [-0.3, -0.25) is 9.59 Å². The number of anilines is 2. The van der Waals surface area contributed by atoms with E-state index in [9.17, 15) is 14.4 Å². The second-order valence-corrected chi connectivity index (χ2v) is 10.3. The van der Waals surface area contributed by atoms with Gasteiger partial charge in [-0.05, 0) is 49.7 Å². The number of amides is 4. The third-order valence-corrected chi connectivity index (χ3v) is 6.86. The maximum Gasteiger partial charge on any atom is 0.317 e. The van der Waals surface area contributed by atoms with Crippen molar-refractivity contribution in [1.29, 1.82) is 0 Å². The van der Waals surface area contributed by atoms with Crippen LogP contribution in [0.25, 0.3) is 0 Å². The highest BCUT2D eigenvalue weighted by Gasteiger charge is 2.26. The zero-order valence-corrected chi connectivity index (χ0v) is 23.2. The smallest absolute Gasteiger partial charge is 0.317 e. The number of piperazine rings is 1. The Kier molecular flexibility index (Phi) is 9.09. The summed E-state index contributed by atoms with van der Waals surface area (Å²) in [5.74, 6) is -0.517. The van der Waals surface area contributed by atoms with Gasteiger partial charge in [0.05, 0.1) is 16.1 Å². The standard InChI is InChI=1S/C30H34ClN5O3/c1-21(2)32-30(39)36-17-15-35(16-18-36)27-14-13-23(33-28(37)24-11-7-8-12-26(24)31)19-25(27)29(38)34(3)20-22-9-5-4-6-10-22/h4-14,19,21H,15-18,20H2,1-3H3,(H,32,39)(H,33,37). The molecule has 3 aromatic rings. The first kappa shape index (κ1) is 28.0.